The molecule has 3 nitrogen and oxygen atoms in total. The molecule has 0 aromatic heterocycles. The van der Waals surface area contributed by atoms with Crippen LogP contribution in [0.4, 0.5) is 0 Å². The van der Waals surface area contributed by atoms with Crippen molar-refractivity contribution in [3.8, 4) is 0 Å². The van der Waals surface area contributed by atoms with Gasteiger partial charge >= 0.3 is 5.97 Å². The quantitative estimate of drug-likeness (QED) is 0.417. The number of esters is 1. The van der Waals surface area contributed by atoms with Gasteiger partial charge in [0, 0.05) is 5.92 Å². The number of ketones is 1. The number of Topliss-reactive ketones (excluding diaryl/α,β-unsaturated/α-hetero) is 1. The fourth-order valence-electron chi connectivity index (χ4n) is 4.91. The summed E-state index contributed by atoms with van der Waals surface area (Å²) in [7, 11) is 0. The van der Waals surface area contributed by atoms with Crippen molar-refractivity contribution in [1.82, 2.24) is 0 Å². The zero-order valence-corrected chi connectivity index (χ0v) is 18.6. The summed E-state index contributed by atoms with van der Waals surface area (Å²) in [5.74, 6) is -0.397. The van der Waals surface area contributed by atoms with E-state index in [0.29, 0.717) is 17.8 Å². The van der Waals surface area contributed by atoms with Gasteiger partial charge in [-0.2, -0.15) is 0 Å². The topological polar surface area (TPSA) is 43.4 Å². The van der Waals surface area contributed by atoms with Crippen molar-refractivity contribution >= 4 is 11.8 Å². The normalized spacial score (nSPS) is 22.7. The van der Waals surface area contributed by atoms with E-state index in [2.05, 4.69) is 20.8 Å². The van der Waals surface area contributed by atoms with Crippen LogP contribution in [0.25, 0.3) is 0 Å². The minimum atomic E-state index is -0.847. The van der Waals surface area contributed by atoms with E-state index in [0.717, 1.165) is 24.0 Å². The third-order valence-corrected chi connectivity index (χ3v) is 6.57. The highest BCUT2D eigenvalue weighted by atomic mass is 16.5. The second-order valence-electron chi connectivity index (χ2n) is 9.19. The maximum Gasteiger partial charge on any atom is 0.317 e. The lowest BCUT2D eigenvalue weighted by Crippen LogP contribution is -2.40. The van der Waals surface area contributed by atoms with Crippen molar-refractivity contribution in [2.24, 2.45) is 23.7 Å². The highest BCUT2D eigenvalue weighted by molar-refractivity contribution is 5.99. The predicted octanol–water partition coefficient (Wildman–Crippen LogP) is 6.03. The van der Waals surface area contributed by atoms with E-state index < -0.39 is 5.92 Å². The summed E-state index contributed by atoms with van der Waals surface area (Å²) in [5.41, 5.74) is 1.91. The average molecular weight is 407 g/mol. The first kappa shape index (κ1) is 22.3. The fraction of sp³-hybridized carbons (Fsp3) is 0.481. The molecule has 0 radical (unpaired) electrons. The maximum absolute atomic E-state index is 13.5. The van der Waals surface area contributed by atoms with Gasteiger partial charge in [-0.25, -0.2) is 0 Å². The third-order valence-electron chi connectivity index (χ3n) is 6.57. The highest BCUT2D eigenvalue weighted by Crippen LogP contribution is 2.38. The highest BCUT2D eigenvalue weighted by Gasteiger charge is 2.40. The number of carbonyl (C=O) groups excluding carboxylic acids is 2. The standard InChI is InChI=1S/C27H34O3/c1-18(2)23-16-15-19(3)17-24(23)30-27(29)25(20(4)28)26(21-11-7-5-8-12-21)22-13-9-6-10-14-22/h5-14,18-19,23-26H,15-17H2,1-4H3/t19-,23+,24+,25-/m0/s1. The Hall–Kier alpha value is -2.42. The molecule has 0 heterocycles. The van der Waals surface area contributed by atoms with Gasteiger partial charge in [0.15, 0.2) is 0 Å². The summed E-state index contributed by atoms with van der Waals surface area (Å²) in [6, 6.07) is 19.6. The molecule has 3 rings (SSSR count). The van der Waals surface area contributed by atoms with Gasteiger partial charge in [-0.15, -0.1) is 0 Å². The van der Waals surface area contributed by atoms with Crippen LogP contribution >= 0.6 is 0 Å². The Morgan fingerprint density at radius 3 is 1.90 bits per heavy atom. The van der Waals surface area contributed by atoms with Gasteiger partial charge in [-0.1, -0.05) is 87.9 Å². The van der Waals surface area contributed by atoms with Crippen LogP contribution in [0.3, 0.4) is 0 Å². The van der Waals surface area contributed by atoms with Crippen LogP contribution in [0.1, 0.15) is 64.0 Å². The van der Waals surface area contributed by atoms with E-state index in [9.17, 15) is 9.59 Å². The summed E-state index contributed by atoms with van der Waals surface area (Å²) >= 11 is 0. The van der Waals surface area contributed by atoms with Crippen LogP contribution in [0.5, 0.6) is 0 Å². The first-order valence-corrected chi connectivity index (χ1v) is 11.2. The Labute approximate surface area is 180 Å². The van der Waals surface area contributed by atoms with E-state index in [1.54, 1.807) is 0 Å². The number of hydrogen-bond acceptors (Lipinski definition) is 3. The van der Waals surface area contributed by atoms with Crippen LogP contribution in [0, 0.1) is 23.7 Å². The molecule has 4 atom stereocenters. The molecule has 2 aromatic rings. The minimum Gasteiger partial charge on any atom is -0.461 e. The van der Waals surface area contributed by atoms with Crippen LogP contribution in [-0.2, 0) is 14.3 Å². The van der Waals surface area contributed by atoms with Gasteiger partial charge < -0.3 is 4.74 Å². The molecule has 3 heteroatoms. The Morgan fingerprint density at radius 1 is 0.900 bits per heavy atom. The van der Waals surface area contributed by atoms with Crippen LogP contribution < -0.4 is 0 Å². The van der Waals surface area contributed by atoms with Gasteiger partial charge in [0.25, 0.3) is 0 Å². The number of carbonyl (C=O) groups is 2. The van der Waals surface area contributed by atoms with Crippen molar-refractivity contribution < 1.29 is 14.3 Å². The van der Waals surface area contributed by atoms with Crippen LogP contribution in [0.15, 0.2) is 60.7 Å². The largest absolute Gasteiger partial charge is 0.461 e. The fourth-order valence-corrected chi connectivity index (χ4v) is 4.91. The number of ether oxygens (including phenoxy) is 1. The van der Waals surface area contributed by atoms with E-state index >= 15 is 0 Å². The predicted molar refractivity (Wildman–Crippen MR) is 120 cm³/mol. The summed E-state index contributed by atoms with van der Waals surface area (Å²) < 4.78 is 6.12. The molecule has 2 aromatic carbocycles. The number of hydrogen-bond donors (Lipinski definition) is 0. The van der Waals surface area contributed by atoms with Crippen molar-refractivity contribution in [2.75, 3.05) is 0 Å². The van der Waals surface area contributed by atoms with Crippen LogP contribution in [-0.4, -0.2) is 17.9 Å². The molecule has 1 aliphatic carbocycles. The Morgan fingerprint density at radius 2 is 1.43 bits per heavy atom. The molecule has 0 saturated heterocycles. The zero-order chi connectivity index (χ0) is 21.7. The van der Waals surface area contributed by atoms with Gasteiger partial charge in [0.1, 0.15) is 17.8 Å². The van der Waals surface area contributed by atoms with E-state index in [1.165, 1.54) is 13.3 Å². The zero-order valence-electron chi connectivity index (χ0n) is 18.6. The molecule has 0 spiro atoms. The summed E-state index contributed by atoms with van der Waals surface area (Å²) in [6.07, 6.45) is 3.00. The van der Waals surface area contributed by atoms with Gasteiger partial charge in [-0.3, -0.25) is 9.59 Å². The molecule has 30 heavy (non-hydrogen) atoms. The first-order valence-electron chi connectivity index (χ1n) is 11.2. The summed E-state index contributed by atoms with van der Waals surface area (Å²) in [6.45, 7) is 8.12. The van der Waals surface area contributed by atoms with Crippen molar-refractivity contribution in [2.45, 2.75) is 59.0 Å². The van der Waals surface area contributed by atoms with E-state index in [1.807, 2.05) is 60.7 Å². The molecule has 1 aliphatic rings. The molecular weight excluding hydrogens is 372 g/mol. The molecule has 1 fully saturated rings. The summed E-state index contributed by atoms with van der Waals surface area (Å²) in [5, 5.41) is 0. The molecule has 0 amide bonds. The Balaban J connectivity index is 1.93. The molecule has 0 unspecified atom stereocenters. The van der Waals surface area contributed by atoms with Gasteiger partial charge in [0.05, 0.1) is 0 Å². The smallest absolute Gasteiger partial charge is 0.317 e. The maximum atomic E-state index is 13.5. The van der Waals surface area contributed by atoms with Crippen LogP contribution in [0.2, 0.25) is 0 Å². The second-order valence-corrected chi connectivity index (χ2v) is 9.19. The molecule has 0 bridgehead atoms. The van der Waals surface area contributed by atoms with Crippen molar-refractivity contribution in [1.29, 1.82) is 0 Å². The second kappa shape index (κ2) is 10.1. The number of rotatable bonds is 7. The lowest BCUT2D eigenvalue weighted by Gasteiger charge is -2.37. The first-order chi connectivity index (χ1) is 14.4. The van der Waals surface area contributed by atoms with Crippen molar-refractivity contribution in [3.63, 3.8) is 0 Å². The molecule has 1 saturated carbocycles. The molecule has 0 aliphatic heterocycles. The lowest BCUT2D eigenvalue weighted by atomic mass is 9.75. The minimum absolute atomic E-state index is 0.115. The molecular formula is C27H34O3. The van der Waals surface area contributed by atoms with E-state index in [-0.39, 0.29) is 23.8 Å². The van der Waals surface area contributed by atoms with Gasteiger partial charge in [0.2, 0.25) is 0 Å². The average Bonchev–Trinajstić information content (AvgIpc) is 2.72. The van der Waals surface area contributed by atoms with E-state index in [4.69, 9.17) is 4.74 Å². The Kier molecular flexibility index (Phi) is 7.47. The molecule has 160 valence electrons. The van der Waals surface area contributed by atoms with Gasteiger partial charge in [-0.05, 0) is 48.6 Å². The lowest BCUT2D eigenvalue weighted by molar-refractivity contribution is -0.163. The molecule has 0 N–H and O–H groups in total. The Bertz CT molecular complexity index is 788. The summed E-state index contributed by atoms with van der Waals surface area (Å²) in [4.78, 5) is 26.3. The third kappa shape index (κ3) is 5.19. The monoisotopic (exact) mass is 406 g/mol. The SMILES string of the molecule is CC(=O)[C@H](C(=O)O[C@@H]1C[C@@H](C)CC[C@@H]1C(C)C)C(c1ccccc1)c1ccccc1. The van der Waals surface area contributed by atoms with Crippen molar-refractivity contribution in [3.05, 3.63) is 71.8 Å². The number of benzene rings is 2.